The van der Waals surface area contributed by atoms with Crippen molar-refractivity contribution in [3.63, 3.8) is 0 Å². The first kappa shape index (κ1) is 13.2. The summed E-state index contributed by atoms with van der Waals surface area (Å²) in [6.45, 7) is 5.03. The molecule has 1 aromatic rings. The van der Waals surface area contributed by atoms with Crippen LogP contribution in [0.25, 0.3) is 0 Å². The van der Waals surface area contributed by atoms with Crippen molar-refractivity contribution in [2.24, 2.45) is 11.8 Å². The van der Waals surface area contributed by atoms with Crippen molar-refractivity contribution in [1.29, 1.82) is 0 Å². The molecule has 1 fully saturated rings. The van der Waals surface area contributed by atoms with E-state index in [1.165, 1.54) is 0 Å². The monoisotopic (exact) mass is 251 g/mol. The predicted molar refractivity (Wildman–Crippen MR) is 69.7 cm³/mol. The number of likely N-dealkylation sites (tertiary alicyclic amines) is 1. The first-order valence-electron chi connectivity index (χ1n) is 6.35. The summed E-state index contributed by atoms with van der Waals surface area (Å²) < 4.78 is 0. The molecule has 1 aliphatic heterocycles. The van der Waals surface area contributed by atoms with E-state index in [4.69, 9.17) is 10.9 Å². The molecule has 4 N–H and O–H groups in total. The highest BCUT2D eigenvalue weighted by atomic mass is 16.3. The molecule has 100 valence electrons. The van der Waals surface area contributed by atoms with Gasteiger partial charge >= 0.3 is 0 Å². The van der Waals surface area contributed by atoms with Crippen LogP contribution in [0.5, 0.6) is 0 Å². The van der Waals surface area contributed by atoms with Crippen molar-refractivity contribution >= 4 is 5.82 Å². The third kappa shape index (κ3) is 3.38. The molecule has 6 heteroatoms. The number of aliphatic hydroxyl groups is 1. The summed E-state index contributed by atoms with van der Waals surface area (Å²) in [4.78, 5) is 11.1. The topological polar surface area (TPSA) is 87.3 Å². The van der Waals surface area contributed by atoms with E-state index >= 15 is 0 Å². The number of hydrogen-bond acceptors (Lipinski definition) is 6. The lowest BCUT2D eigenvalue weighted by Crippen LogP contribution is -2.22. The quantitative estimate of drug-likeness (QED) is 0.514. The van der Waals surface area contributed by atoms with Gasteiger partial charge < -0.3 is 10.5 Å². The second-order valence-electron chi connectivity index (χ2n) is 4.86. The molecule has 0 amide bonds. The maximum absolute atomic E-state index is 8.94. The fraction of sp³-hybridized carbons (Fsp3) is 0.667. The second-order valence-corrected chi connectivity index (χ2v) is 4.86. The van der Waals surface area contributed by atoms with E-state index in [0.717, 1.165) is 44.0 Å². The Morgan fingerprint density at radius 2 is 2.39 bits per heavy atom. The Morgan fingerprint density at radius 3 is 3.11 bits per heavy atom. The minimum atomic E-state index is 0.278. The molecule has 0 saturated carbocycles. The summed E-state index contributed by atoms with van der Waals surface area (Å²) in [6, 6.07) is 1.82. The number of rotatable bonds is 5. The number of aryl methyl sites for hydroxylation is 1. The maximum atomic E-state index is 8.94. The summed E-state index contributed by atoms with van der Waals surface area (Å²) >= 11 is 0. The number of nitrogens with one attached hydrogen (secondary N) is 1. The number of anilines is 1. The van der Waals surface area contributed by atoms with Crippen molar-refractivity contribution in [3.05, 3.63) is 17.6 Å². The fourth-order valence-corrected chi connectivity index (χ4v) is 2.45. The zero-order chi connectivity index (χ0) is 13.0. The Bertz CT molecular complexity index is 398. The summed E-state index contributed by atoms with van der Waals surface area (Å²) in [7, 11) is 0. The number of hydrogen-bond donors (Lipinski definition) is 3. The lowest BCUT2D eigenvalue weighted by molar-refractivity contribution is 0.248. The number of aromatic nitrogens is 2. The van der Waals surface area contributed by atoms with E-state index in [-0.39, 0.29) is 6.61 Å². The zero-order valence-electron chi connectivity index (χ0n) is 10.8. The van der Waals surface area contributed by atoms with E-state index < -0.39 is 0 Å². The minimum absolute atomic E-state index is 0.278. The maximum Gasteiger partial charge on any atom is 0.145 e. The lowest BCUT2D eigenvalue weighted by Gasteiger charge is -2.15. The Kier molecular flexibility index (Phi) is 4.46. The highest BCUT2D eigenvalue weighted by molar-refractivity contribution is 5.33. The number of nitrogen functional groups attached to an aromatic ring is 1. The molecule has 2 rings (SSSR count). The Balaban J connectivity index is 1.95. The van der Waals surface area contributed by atoms with E-state index in [1.54, 1.807) is 0 Å². The molecule has 0 aromatic carbocycles. The first-order chi connectivity index (χ1) is 8.71. The van der Waals surface area contributed by atoms with Crippen LogP contribution in [-0.4, -0.2) is 39.7 Å². The normalized spacial score (nSPS) is 20.3. The molecule has 1 aromatic heterocycles. The van der Waals surface area contributed by atoms with Crippen molar-refractivity contribution in [1.82, 2.24) is 14.9 Å². The molecule has 2 heterocycles. The number of nitrogens with zero attached hydrogens (tertiary/aromatic N) is 3. The molecule has 6 nitrogen and oxygen atoms in total. The molecule has 18 heavy (non-hydrogen) atoms. The van der Waals surface area contributed by atoms with Gasteiger partial charge in [-0.15, -0.1) is 0 Å². The third-order valence-corrected chi connectivity index (χ3v) is 3.32. The van der Waals surface area contributed by atoms with Crippen molar-refractivity contribution in [3.8, 4) is 0 Å². The van der Waals surface area contributed by atoms with Crippen LogP contribution >= 0.6 is 0 Å². The van der Waals surface area contributed by atoms with Gasteiger partial charge in [0, 0.05) is 24.9 Å². The van der Waals surface area contributed by atoms with Crippen LogP contribution in [0.2, 0.25) is 0 Å². The van der Waals surface area contributed by atoms with Crippen LogP contribution < -0.4 is 11.3 Å². The highest BCUT2D eigenvalue weighted by Gasteiger charge is 2.22. The van der Waals surface area contributed by atoms with Gasteiger partial charge in [0.15, 0.2) is 0 Å². The summed E-state index contributed by atoms with van der Waals surface area (Å²) in [6.07, 6.45) is 2.04. The van der Waals surface area contributed by atoms with Crippen LogP contribution in [0.1, 0.15) is 24.4 Å². The standard InChI is InChI=1S/C12H21N5O/c1-9-6-11(16-13)15-12(14-9)8-17-4-2-10(7-17)3-5-18/h6,10,18H,2-5,7-8,13H2,1H3,(H,14,15,16). The largest absolute Gasteiger partial charge is 0.396 e. The Hall–Kier alpha value is -1.24. The summed E-state index contributed by atoms with van der Waals surface area (Å²) in [5, 5.41) is 8.94. The van der Waals surface area contributed by atoms with Gasteiger partial charge in [0.2, 0.25) is 0 Å². The first-order valence-corrected chi connectivity index (χ1v) is 6.35. The lowest BCUT2D eigenvalue weighted by atomic mass is 10.1. The van der Waals surface area contributed by atoms with Gasteiger partial charge in [0.05, 0.1) is 6.54 Å². The van der Waals surface area contributed by atoms with Gasteiger partial charge in [-0.1, -0.05) is 0 Å². The fourth-order valence-electron chi connectivity index (χ4n) is 2.45. The van der Waals surface area contributed by atoms with Crippen LogP contribution in [0.4, 0.5) is 5.82 Å². The molecule has 0 bridgehead atoms. The molecule has 0 spiro atoms. The van der Waals surface area contributed by atoms with Gasteiger partial charge in [-0.05, 0) is 32.2 Å². The highest BCUT2D eigenvalue weighted by Crippen LogP contribution is 2.20. The molecular formula is C12H21N5O. The van der Waals surface area contributed by atoms with Crippen LogP contribution in [0, 0.1) is 12.8 Å². The van der Waals surface area contributed by atoms with Gasteiger partial charge in [-0.3, -0.25) is 4.90 Å². The van der Waals surface area contributed by atoms with E-state index in [1.807, 2.05) is 13.0 Å². The molecular weight excluding hydrogens is 230 g/mol. The smallest absolute Gasteiger partial charge is 0.145 e. The number of nitrogens with two attached hydrogens (primary N) is 1. The SMILES string of the molecule is Cc1cc(NN)nc(CN2CCC(CCO)C2)n1. The minimum Gasteiger partial charge on any atom is -0.396 e. The van der Waals surface area contributed by atoms with Crippen LogP contribution in [0.15, 0.2) is 6.07 Å². The van der Waals surface area contributed by atoms with Gasteiger partial charge in [-0.2, -0.15) is 0 Å². The summed E-state index contributed by atoms with van der Waals surface area (Å²) in [5.74, 6) is 7.43. The third-order valence-electron chi connectivity index (χ3n) is 3.32. The molecule has 1 atom stereocenters. The van der Waals surface area contributed by atoms with Crippen LogP contribution in [0.3, 0.4) is 0 Å². The zero-order valence-corrected chi connectivity index (χ0v) is 10.8. The average molecular weight is 251 g/mol. The Morgan fingerprint density at radius 1 is 1.56 bits per heavy atom. The average Bonchev–Trinajstić information content (AvgIpc) is 2.76. The molecule has 0 aliphatic carbocycles. The van der Waals surface area contributed by atoms with Crippen LogP contribution in [-0.2, 0) is 6.54 Å². The Labute approximate surface area is 107 Å². The molecule has 1 unspecified atom stereocenters. The van der Waals surface area contributed by atoms with Crippen molar-refractivity contribution in [2.45, 2.75) is 26.3 Å². The molecule has 1 saturated heterocycles. The predicted octanol–water partition coefficient (Wildman–Crippen LogP) is 0.275. The molecule has 1 aliphatic rings. The van der Waals surface area contributed by atoms with Gasteiger partial charge in [0.25, 0.3) is 0 Å². The van der Waals surface area contributed by atoms with Gasteiger partial charge in [-0.25, -0.2) is 15.8 Å². The number of hydrazine groups is 1. The number of aliphatic hydroxyl groups excluding tert-OH is 1. The van der Waals surface area contributed by atoms with E-state index in [9.17, 15) is 0 Å². The van der Waals surface area contributed by atoms with Crippen molar-refractivity contribution in [2.75, 3.05) is 25.1 Å². The summed E-state index contributed by atoms with van der Waals surface area (Å²) in [5.41, 5.74) is 3.48. The van der Waals surface area contributed by atoms with E-state index in [0.29, 0.717) is 11.7 Å². The van der Waals surface area contributed by atoms with Gasteiger partial charge in [0.1, 0.15) is 11.6 Å². The van der Waals surface area contributed by atoms with Crippen molar-refractivity contribution < 1.29 is 5.11 Å². The van der Waals surface area contributed by atoms with E-state index in [2.05, 4.69) is 20.3 Å². The second kappa shape index (κ2) is 6.08. The molecule has 0 radical (unpaired) electrons.